The average Bonchev–Trinajstić information content (AvgIpc) is 3.03. The number of rotatable bonds is 6. The molecule has 2 N–H and O–H groups in total. The molecule has 0 atom stereocenters. The van der Waals surface area contributed by atoms with Crippen molar-refractivity contribution in [3.8, 4) is 11.4 Å². The van der Waals surface area contributed by atoms with Crippen molar-refractivity contribution in [2.24, 2.45) is 4.99 Å². The normalized spacial score (nSPS) is 11.4. The lowest BCUT2D eigenvalue weighted by molar-refractivity contribution is 0.408. The quantitative estimate of drug-likeness (QED) is 0.497. The zero-order valence-electron chi connectivity index (χ0n) is 17.8. The molecule has 0 fully saturated rings. The first kappa shape index (κ1) is 20.5. The molecule has 0 unspecified atom stereocenters. The monoisotopic (exact) mass is 391 g/mol. The number of methoxy groups -OCH3 is 1. The van der Waals surface area contributed by atoms with Crippen molar-refractivity contribution < 1.29 is 4.74 Å². The highest BCUT2D eigenvalue weighted by Crippen LogP contribution is 2.20. The van der Waals surface area contributed by atoms with E-state index in [1.54, 1.807) is 14.2 Å². The molecular formula is C23H29N5O. The number of aryl methyl sites for hydroxylation is 2. The van der Waals surface area contributed by atoms with Gasteiger partial charge in [-0.3, -0.25) is 4.99 Å². The molecule has 0 aliphatic rings. The predicted octanol–water partition coefficient (Wildman–Crippen LogP) is 3.67. The predicted molar refractivity (Wildman–Crippen MR) is 118 cm³/mol. The van der Waals surface area contributed by atoms with Gasteiger partial charge in [0.25, 0.3) is 0 Å². The number of benzene rings is 2. The second-order valence-electron chi connectivity index (χ2n) is 6.99. The van der Waals surface area contributed by atoms with Crippen LogP contribution in [-0.2, 0) is 13.1 Å². The SMILES string of the molecule is CN=C(NCc1ccc(C)cc1OC)NCc1c(C)nn(-c2ccccc2)c1C. The molecule has 0 bridgehead atoms. The van der Waals surface area contributed by atoms with E-state index >= 15 is 0 Å². The van der Waals surface area contributed by atoms with Crippen LogP contribution in [0.2, 0.25) is 0 Å². The second kappa shape index (κ2) is 9.28. The third kappa shape index (κ3) is 4.77. The van der Waals surface area contributed by atoms with Crippen LogP contribution >= 0.6 is 0 Å². The van der Waals surface area contributed by atoms with Gasteiger partial charge in [-0.15, -0.1) is 0 Å². The average molecular weight is 392 g/mol. The first-order valence-corrected chi connectivity index (χ1v) is 9.72. The van der Waals surface area contributed by atoms with E-state index in [-0.39, 0.29) is 0 Å². The molecule has 0 aliphatic carbocycles. The summed E-state index contributed by atoms with van der Waals surface area (Å²) in [6.07, 6.45) is 0. The standard InChI is InChI=1S/C23H29N5O/c1-16-11-12-19(22(13-16)29-5)14-25-23(24-4)26-15-21-17(2)27-28(18(21)3)20-9-7-6-8-10-20/h6-13H,14-15H2,1-5H3,(H2,24,25,26). The van der Waals surface area contributed by atoms with Gasteiger partial charge in [0, 0.05) is 37.0 Å². The van der Waals surface area contributed by atoms with Gasteiger partial charge in [-0.25, -0.2) is 4.68 Å². The maximum absolute atomic E-state index is 5.49. The topological polar surface area (TPSA) is 63.5 Å². The van der Waals surface area contributed by atoms with Crippen LogP contribution in [0.25, 0.3) is 5.69 Å². The Morgan fingerprint density at radius 2 is 1.76 bits per heavy atom. The molecule has 0 saturated carbocycles. The number of hydrogen-bond donors (Lipinski definition) is 2. The number of aliphatic imine (C=N–C) groups is 1. The van der Waals surface area contributed by atoms with Crippen molar-refractivity contribution in [3.63, 3.8) is 0 Å². The number of nitrogens with one attached hydrogen (secondary N) is 2. The molecule has 0 amide bonds. The van der Waals surface area contributed by atoms with E-state index in [4.69, 9.17) is 9.84 Å². The van der Waals surface area contributed by atoms with E-state index in [9.17, 15) is 0 Å². The molecule has 0 radical (unpaired) electrons. The van der Waals surface area contributed by atoms with Gasteiger partial charge in [0.1, 0.15) is 5.75 Å². The van der Waals surface area contributed by atoms with Gasteiger partial charge in [0.05, 0.1) is 18.5 Å². The number of nitrogens with zero attached hydrogens (tertiary/aromatic N) is 3. The molecule has 29 heavy (non-hydrogen) atoms. The zero-order valence-corrected chi connectivity index (χ0v) is 17.8. The summed E-state index contributed by atoms with van der Waals surface area (Å²) in [7, 11) is 3.47. The van der Waals surface area contributed by atoms with Crippen LogP contribution in [0.1, 0.15) is 28.1 Å². The Bertz CT molecular complexity index is 992. The second-order valence-corrected chi connectivity index (χ2v) is 6.99. The smallest absolute Gasteiger partial charge is 0.191 e. The highest BCUT2D eigenvalue weighted by atomic mass is 16.5. The van der Waals surface area contributed by atoms with Crippen molar-refractivity contribution in [3.05, 3.63) is 76.6 Å². The number of aromatic nitrogens is 2. The van der Waals surface area contributed by atoms with Gasteiger partial charge >= 0.3 is 0 Å². The lowest BCUT2D eigenvalue weighted by Gasteiger charge is -2.14. The summed E-state index contributed by atoms with van der Waals surface area (Å²) < 4.78 is 7.47. The minimum absolute atomic E-state index is 0.629. The maximum atomic E-state index is 5.49. The van der Waals surface area contributed by atoms with E-state index in [2.05, 4.69) is 53.7 Å². The molecule has 3 aromatic rings. The van der Waals surface area contributed by atoms with E-state index in [0.29, 0.717) is 13.1 Å². The Hall–Kier alpha value is -3.28. The molecule has 0 spiro atoms. The summed E-state index contributed by atoms with van der Waals surface area (Å²) in [6, 6.07) is 16.4. The fourth-order valence-corrected chi connectivity index (χ4v) is 3.32. The number of para-hydroxylation sites is 1. The fourth-order valence-electron chi connectivity index (χ4n) is 3.32. The van der Waals surface area contributed by atoms with Crippen LogP contribution in [0.3, 0.4) is 0 Å². The molecule has 6 nitrogen and oxygen atoms in total. The number of guanidine groups is 1. The van der Waals surface area contributed by atoms with Crippen molar-refractivity contribution in [1.82, 2.24) is 20.4 Å². The lowest BCUT2D eigenvalue weighted by atomic mass is 10.1. The maximum Gasteiger partial charge on any atom is 0.191 e. The molecule has 1 aromatic heterocycles. The molecular weight excluding hydrogens is 362 g/mol. The van der Waals surface area contributed by atoms with Crippen molar-refractivity contribution in [1.29, 1.82) is 0 Å². The molecule has 0 saturated heterocycles. The fraction of sp³-hybridized carbons (Fsp3) is 0.304. The number of hydrogen-bond acceptors (Lipinski definition) is 3. The lowest BCUT2D eigenvalue weighted by Crippen LogP contribution is -2.36. The zero-order chi connectivity index (χ0) is 20.8. The Balaban J connectivity index is 1.67. The molecule has 0 aliphatic heterocycles. The minimum Gasteiger partial charge on any atom is -0.496 e. The van der Waals surface area contributed by atoms with Gasteiger partial charge in [0.2, 0.25) is 0 Å². The van der Waals surface area contributed by atoms with Gasteiger partial charge in [-0.1, -0.05) is 30.3 Å². The third-order valence-electron chi connectivity index (χ3n) is 4.99. The summed E-state index contributed by atoms with van der Waals surface area (Å²) >= 11 is 0. The van der Waals surface area contributed by atoms with Crippen molar-refractivity contribution in [2.45, 2.75) is 33.9 Å². The Kier molecular flexibility index (Phi) is 6.54. The van der Waals surface area contributed by atoms with Crippen LogP contribution in [0.5, 0.6) is 5.75 Å². The van der Waals surface area contributed by atoms with E-state index in [1.807, 2.05) is 35.9 Å². The molecule has 2 aromatic carbocycles. The van der Waals surface area contributed by atoms with Crippen LogP contribution in [0, 0.1) is 20.8 Å². The van der Waals surface area contributed by atoms with Gasteiger partial charge < -0.3 is 15.4 Å². The van der Waals surface area contributed by atoms with E-state index < -0.39 is 0 Å². The van der Waals surface area contributed by atoms with Gasteiger partial charge in [-0.05, 0) is 44.5 Å². The largest absolute Gasteiger partial charge is 0.496 e. The first-order valence-electron chi connectivity index (χ1n) is 9.72. The minimum atomic E-state index is 0.629. The highest BCUT2D eigenvalue weighted by Gasteiger charge is 2.13. The van der Waals surface area contributed by atoms with Crippen LogP contribution in [0.4, 0.5) is 0 Å². The van der Waals surface area contributed by atoms with Crippen LogP contribution < -0.4 is 15.4 Å². The summed E-state index contributed by atoms with van der Waals surface area (Å²) in [5, 5.41) is 11.5. The van der Waals surface area contributed by atoms with Crippen LogP contribution in [0.15, 0.2) is 53.5 Å². The van der Waals surface area contributed by atoms with Crippen molar-refractivity contribution >= 4 is 5.96 Å². The number of ether oxygens (including phenoxy) is 1. The highest BCUT2D eigenvalue weighted by molar-refractivity contribution is 5.79. The Morgan fingerprint density at radius 1 is 1.03 bits per heavy atom. The molecule has 1 heterocycles. The molecule has 6 heteroatoms. The van der Waals surface area contributed by atoms with Gasteiger partial charge in [-0.2, -0.15) is 5.10 Å². The van der Waals surface area contributed by atoms with E-state index in [0.717, 1.165) is 34.3 Å². The Labute approximate surface area is 172 Å². The summed E-state index contributed by atoms with van der Waals surface area (Å²) in [5.41, 5.74) is 6.63. The molecule has 3 rings (SSSR count). The summed E-state index contributed by atoms with van der Waals surface area (Å²) in [5.74, 6) is 1.61. The van der Waals surface area contributed by atoms with Gasteiger partial charge in [0.15, 0.2) is 5.96 Å². The van der Waals surface area contributed by atoms with Crippen LogP contribution in [-0.4, -0.2) is 29.9 Å². The van der Waals surface area contributed by atoms with E-state index in [1.165, 1.54) is 11.1 Å². The third-order valence-corrected chi connectivity index (χ3v) is 4.99. The summed E-state index contributed by atoms with van der Waals surface area (Å²) in [4.78, 5) is 4.34. The molecule has 152 valence electrons. The van der Waals surface area contributed by atoms with Crippen molar-refractivity contribution in [2.75, 3.05) is 14.2 Å². The first-order chi connectivity index (χ1) is 14.0. The summed E-state index contributed by atoms with van der Waals surface area (Å²) in [6.45, 7) is 7.47. The Morgan fingerprint density at radius 3 is 2.45 bits per heavy atom.